The highest BCUT2D eigenvalue weighted by atomic mass is 15.0. The minimum absolute atomic E-state index is 0.471. The quantitative estimate of drug-likeness (QED) is 0.224. The lowest BCUT2D eigenvalue weighted by atomic mass is 10.0. The number of nitriles is 1. The van der Waals surface area contributed by atoms with E-state index in [0.29, 0.717) is 11.1 Å². The summed E-state index contributed by atoms with van der Waals surface area (Å²) in [6.45, 7) is 4.23. The number of aromatic nitrogens is 2. The molecule has 4 heteroatoms. The molecule has 0 aliphatic heterocycles. The number of aryl methyl sites for hydroxylation is 2. The summed E-state index contributed by atoms with van der Waals surface area (Å²) in [6.07, 6.45) is 1.32. The summed E-state index contributed by atoms with van der Waals surface area (Å²) in [4.78, 5) is 0. The van der Waals surface area contributed by atoms with Gasteiger partial charge in [-0.25, -0.2) is 0 Å². The third-order valence-corrected chi connectivity index (χ3v) is 8.55. The molecular weight excluding hydrogens is 512 g/mol. The van der Waals surface area contributed by atoms with Crippen molar-refractivity contribution in [1.29, 1.82) is 10.7 Å². The Kier molecular flexibility index (Phi) is 5.13. The second kappa shape index (κ2) is 8.92. The van der Waals surface area contributed by atoms with Crippen molar-refractivity contribution in [3.63, 3.8) is 0 Å². The van der Waals surface area contributed by atoms with Gasteiger partial charge in [0.2, 0.25) is 0 Å². The molecule has 0 saturated heterocycles. The van der Waals surface area contributed by atoms with Crippen LogP contribution in [0.15, 0.2) is 109 Å². The van der Waals surface area contributed by atoms with Gasteiger partial charge in [0.25, 0.3) is 0 Å². The molecular formula is C38H26N4. The molecule has 0 aliphatic carbocycles. The van der Waals surface area contributed by atoms with Crippen molar-refractivity contribution in [3.05, 3.63) is 131 Å². The molecule has 0 radical (unpaired) electrons. The molecule has 0 unspecified atom stereocenters. The predicted octanol–water partition coefficient (Wildman–Crippen LogP) is 9.52. The smallest absolute Gasteiger partial charge is 0.1000 e. The van der Waals surface area contributed by atoms with E-state index in [1.165, 1.54) is 38.9 Å². The van der Waals surface area contributed by atoms with E-state index in [0.717, 1.165) is 44.2 Å². The maximum absolute atomic E-state index is 10.4. The van der Waals surface area contributed by atoms with Crippen LogP contribution in [0, 0.1) is 30.6 Å². The molecule has 2 heterocycles. The minimum atomic E-state index is 0.471. The maximum Gasteiger partial charge on any atom is 0.1000 e. The van der Waals surface area contributed by atoms with E-state index in [9.17, 15) is 5.26 Å². The second-order valence-electron chi connectivity index (χ2n) is 11.1. The summed E-state index contributed by atoms with van der Waals surface area (Å²) >= 11 is 0. The maximum atomic E-state index is 10.4. The molecule has 198 valence electrons. The van der Waals surface area contributed by atoms with Gasteiger partial charge >= 0.3 is 0 Å². The van der Waals surface area contributed by atoms with Gasteiger partial charge in [0.15, 0.2) is 0 Å². The van der Waals surface area contributed by atoms with Crippen LogP contribution < -0.4 is 0 Å². The van der Waals surface area contributed by atoms with Crippen molar-refractivity contribution in [2.45, 2.75) is 13.8 Å². The lowest BCUT2D eigenvalue weighted by molar-refractivity contribution is 1.12. The van der Waals surface area contributed by atoms with Crippen LogP contribution in [0.4, 0.5) is 0 Å². The summed E-state index contributed by atoms with van der Waals surface area (Å²) in [6, 6.07) is 40.8. The Hall–Kier alpha value is -5.66. The highest BCUT2D eigenvalue weighted by Crippen LogP contribution is 2.39. The number of fused-ring (bicyclic) bond motifs is 8. The lowest BCUT2D eigenvalue weighted by Crippen LogP contribution is -2.05. The van der Waals surface area contributed by atoms with E-state index in [4.69, 9.17) is 5.41 Å². The molecule has 0 fully saturated rings. The molecule has 8 rings (SSSR count). The monoisotopic (exact) mass is 538 g/mol. The van der Waals surface area contributed by atoms with E-state index < -0.39 is 0 Å². The van der Waals surface area contributed by atoms with Crippen molar-refractivity contribution in [2.75, 3.05) is 0 Å². The lowest BCUT2D eigenvalue weighted by Gasteiger charge is -2.17. The molecule has 42 heavy (non-hydrogen) atoms. The van der Waals surface area contributed by atoms with E-state index in [2.05, 4.69) is 132 Å². The standard InChI is InChI=1S/C38H26N4/c1-23-11-14-34-30(17-23)31-18-24(2)12-15-35(31)42(34)37-20-27(19-26(21-39)32(37)22-40)41-33-10-6-5-9-29(33)38-28-8-4-3-7-25(28)13-16-36(38)41/h3-20,22,40H,1-2H3. The SMILES string of the molecule is Cc1ccc2c(c1)c1cc(C)ccc1n2-c1cc(-n2c3ccccc3c3c4ccccc4ccc32)cc(C#N)c1C=N. The van der Waals surface area contributed by atoms with Gasteiger partial charge in [0.1, 0.15) is 0 Å². The Bertz CT molecular complexity index is 2410. The zero-order valence-electron chi connectivity index (χ0n) is 23.3. The number of rotatable bonds is 3. The van der Waals surface area contributed by atoms with Gasteiger partial charge in [0, 0.05) is 39.0 Å². The number of nitrogens with one attached hydrogen (secondary N) is 1. The fourth-order valence-corrected chi connectivity index (χ4v) is 6.71. The Labute approximate surface area is 242 Å². The van der Waals surface area contributed by atoms with Gasteiger partial charge in [-0.2, -0.15) is 5.26 Å². The number of hydrogen-bond donors (Lipinski definition) is 1. The second-order valence-corrected chi connectivity index (χ2v) is 11.1. The van der Waals surface area contributed by atoms with Crippen LogP contribution in [-0.2, 0) is 0 Å². The molecule has 2 aromatic heterocycles. The van der Waals surface area contributed by atoms with Crippen LogP contribution >= 0.6 is 0 Å². The number of para-hydroxylation sites is 1. The summed E-state index contributed by atoms with van der Waals surface area (Å²) < 4.78 is 4.48. The molecule has 0 bridgehead atoms. The van der Waals surface area contributed by atoms with Crippen LogP contribution in [-0.4, -0.2) is 15.3 Å². The average molecular weight is 539 g/mol. The molecule has 0 spiro atoms. The van der Waals surface area contributed by atoms with Gasteiger partial charge in [0.05, 0.1) is 39.4 Å². The Morgan fingerprint density at radius 2 is 1.24 bits per heavy atom. The van der Waals surface area contributed by atoms with Gasteiger partial charge in [-0.1, -0.05) is 71.8 Å². The van der Waals surface area contributed by atoms with E-state index >= 15 is 0 Å². The normalized spacial score (nSPS) is 11.6. The fraction of sp³-hybridized carbons (Fsp3) is 0.0526. The van der Waals surface area contributed by atoms with Crippen molar-refractivity contribution < 1.29 is 0 Å². The summed E-state index contributed by atoms with van der Waals surface area (Å²) in [5.74, 6) is 0. The summed E-state index contributed by atoms with van der Waals surface area (Å²) in [7, 11) is 0. The number of nitrogens with zero attached hydrogens (tertiary/aromatic N) is 3. The molecule has 8 aromatic rings. The third kappa shape index (κ3) is 3.31. The zero-order valence-corrected chi connectivity index (χ0v) is 23.3. The van der Waals surface area contributed by atoms with Crippen molar-refractivity contribution >= 4 is 60.6 Å². The first-order valence-corrected chi connectivity index (χ1v) is 14.1. The summed E-state index contributed by atoms with van der Waals surface area (Å²) in [5, 5.41) is 25.9. The molecule has 6 aromatic carbocycles. The van der Waals surface area contributed by atoms with E-state index in [-0.39, 0.29) is 0 Å². The molecule has 0 atom stereocenters. The molecule has 0 aliphatic rings. The highest BCUT2D eigenvalue weighted by molar-refractivity contribution is 6.21. The third-order valence-electron chi connectivity index (χ3n) is 8.55. The molecule has 0 amide bonds. The Morgan fingerprint density at radius 3 is 1.93 bits per heavy atom. The summed E-state index contributed by atoms with van der Waals surface area (Å²) in [5.41, 5.74) is 9.44. The minimum Gasteiger partial charge on any atom is -0.309 e. The van der Waals surface area contributed by atoms with E-state index in [1.807, 2.05) is 6.07 Å². The topological polar surface area (TPSA) is 57.5 Å². The van der Waals surface area contributed by atoms with Crippen molar-refractivity contribution in [1.82, 2.24) is 9.13 Å². The zero-order chi connectivity index (χ0) is 28.5. The number of benzene rings is 6. The van der Waals surface area contributed by atoms with Crippen LogP contribution in [0.2, 0.25) is 0 Å². The average Bonchev–Trinajstić information content (AvgIpc) is 3.52. The largest absolute Gasteiger partial charge is 0.309 e. The fourth-order valence-electron chi connectivity index (χ4n) is 6.71. The predicted molar refractivity (Wildman–Crippen MR) is 175 cm³/mol. The van der Waals surface area contributed by atoms with Crippen LogP contribution in [0.3, 0.4) is 0 Å². The first-order chi connectivity index (χ1) is 20.6. The Balaban J connectivity index is 1.53. The van der Waals surface area contributed by atoms with E-state index in [1.54, 1.807) is 0 Å². The van der Waals surface area contributed by atoms with Crippen LogP contribution in [0.5, 0.6) is 0 Å². The highest BCUT2D eigenvalue weighted by Gasteiger charge is 2.21. The van der Waals surface area contributed by atoms with Crippen LogP contribution in [0.1, 0.15) is 22.3 Å². The molecule has 4 nitrogen and oxygen atoms in total. The first-order valence-electron chi connectivity index (χ1n) is 14.1. The number of hydrogen-bond acceptors (Lipinski definition) is 2. The van der Waals surface area contributed by atoms with Gasteiger partial charge in [-0.3, -0.25) is 0 Å². The Morgan fingerprint density at radius 1 is 0.619 bits per heavy atom. The van der Waals surface area contributed by atoms with Gasteiger partial charge in [-0.05, 0) is 73.2 Å². The van der Waals surface area contributed by atoms with Crippen molar-refractivity contribution in [2.24, 2.45) is 0 Å². The first kappa shape index (κ1) is 24.2. The van der Waals surface area contributed by atoms with Gasteiger partial charge in [-0.15, -0.1) is 0 Å². The van der Waals surface area contributed by atoms with Crippen molar-refractivity contribution in [3.8, 4) is 17.4 Å². The van der Waals surface area contributed by atoms with Gasteiger partial charge < -0.3 is 14.5 Å². The molecule has 1 N–H and O–H groups in total. The van der Waals surface area contributed by atoms with Crippen LogP contribution in [0.25, 0.3) is 65.8 Å². The molecule has 0 saturated carbocycles.